The monoisotopic (exact) mass is 382 g/mol. The minimum atomic E-state index is -0.0311. The summed E-state index contributed by atoms with van der Waals surface area (Å²) in [5.41, 5.74) is 0. The summed E-state index contributed by atoms with van der Waals surface area (Å²) in [5, 5.41) is 8.70. The summed E-state index contributed by atoms with van der Waals surface area (Å²) in [7, 11) is 3.46. The van der Waals surface area contributed by atoms with Crippen LogP contribution in [0.5, 0.6) is 0 Å². The van der Waals surface area contributed by atoms with Gasteiger partial charge in [0.05, 0.1) is 19.3 Å². The second-order valence-electron chi connectivity index (χ2n) is 6.57. The zero-order chi connectivity index (χ0) is 18.8. The minimum Gasteiger partial charge on any atom is -0.379 e. The summed E-state index contributed by atoms with van der Waals surface area (Å²) in [6.45, 7) is 4.93. The molecule has 2 N–H and O–H groups in total. The molecule has 2 unspecified atom stereocenters. The lowest BCUT2D eigenvalue weighted by atomic mass is 10.3. The average Bonchev–Trinajstić information content (AvgIpc) is 3.31. The number of guanidine groups is 1. The summed E-state index contributed by atoms with van der Waals surface area (Å²) in [4.78, 5) is 19.1. The van der Waals surface area contributed by atoms with Crippen molar-refractivity contribution in [2.45, 2.75) is 31.9 Å². The largest absolute Gasteiger partial charge is 0.379 e. The molecule has 26 heavy (non-hydrogen) atoms. The van der Waals surface area contributed by atoms with Crippen molar-refractivity contribution in [3.63, 3.8) is 0 Å². The molecule has 1 aromatic heterocycles. The van der Waals surface area contributed by atoms with Crippen LogP contribution >= 0.6 is 11.3 Å². The van der Waals surface area contributed by atoms with Crippen molar-refractivity contribution in [1.82, 2.24) is 15.5 Å². The Bertz CT molecular complexity index is 557. The first kappa shape index (κ1) is 20.7. The number of carbonyl (C=O) groups is 1. The van der Waals surface area contributed by atoms with Gasteiger partial charge in [0.2, 0.25) is 5.91 Å². The molecule has 8 heteroatoms. The highest BCUT2D eigenvalue weighted by Crippen LogP contribution is 2.09. The van der Waals surface area contributed by atoms with Gasteiger partial charge in [-0.1, -0.05) is 6.07 Å². The van der Waals surface area contributed by atoms with Gasteiger partial charge in [-0.3, -0.25) is 4.79 Å². The molecule has 0 spiro atoms. The molecule has 146 valence electrons. The van der Waals surface area contributed by atoms with Gasteiger partial charge in [0, 0.05) is 38.2 Å². The molecule has 1 fully saturated rings. The molecule has 1 aromatic rings. The number of hydrogen-bond donors (Lipinski definition) is 2. The Labute approximate surface area is 159 Å². The number of amides is 1. The maximum Gasteiger partial charge on any atom is 0.243 e. The van der Waals surface area contributed by atoms with Crippen molar-refractivity contribution in [2.75, 3.05) is 47.0 Å². The third-order valence-electron chi connectivity index (χ3n) is 3.97. The van der Waals surface area contributed by atoms with Crippen molar-refractivity contribution in [1.29, 1.82) is 0 Å². The molecule has 1 amide bonds. The number of ether oxygens (including phenoxy) is 2. The maximum absolute atomic E-state index is 11.8. The first-order valence-corrected chi connectivity index (χ1v) is 9.89. The van der Waals surface area contributed by atoms with Crippen LogP contribution in [0.2, 0.25) is 0 Å². The fourth-order valence-electron chi connectivity index (χ4n) is 2.40. The molecule has 1 saturated heterocycles. The second kappa shape index (κ2) is 11.2. The number of nitrogens with one attached hydrogen (secondary N) is 2. The van der Waals surface area contributed by atoms with E-state index in [0.717, 1.165) is 26.0 Å². The fraction of sp³-hybridized carbons (Fsp3) is 0.667. The number of rotatable bonds is 9. The maximum atomic E-state index is 11.8. The third-order valence-corrected chi connectivity index (χ3v) is 4.90. The summed E-state index contributed by atoms with van der Waals surface area (Å²) in [6.07, 6.45) is 2.05. The quantitative estimate of drug-likeness (QED) is 0.494. The molecule has 0 radical (unpaired) electrons. The van der Waals surface area contributed by atoms with Crippen molar-refractivity contribution in [3.05, 3.63) is 22.4 Å². The zero-order valence-electron chi connectivity index (χ0n) is 15.9. The summed E-state index contributed by atoms with van der Waals surface area (Å²) < 4.78 is 11.2. The van der Waals surface area contributed by atoms with E-state index in [1.807, 2.05) is 6.92 Å². The van der Waals surface area contributed by atoms with Gasteiger partial charge in [-0.15, -0.1) is 11.3 Å². The van der Waals surface area contributed by atoms with Crippen LogP contribution in [-0.4, -0.2) is 75.9 Å². The van der Waals surface area contributed by atoms with E-state index in [9.17, 15) is 4.79 Å². The molecule has 2 rings (SSSR count). The molecular weight excluding hydrogens is 352 g/mol. The SMILES string of the molecule is CC(COC1CCOC1)NC(=NCC(=O)N(C)C)NCCc1cccs1. The van der Waals surface area contributed by atoms with Crippen LogP contribution in [-0.2, 0) is 20.7 Å². The smallest absolute Gasteiger partial charge is 0.243 e. The number of carbonyl (C=O) groups excluding carboxylic acids is 1. The van der Waals surface area contributed by atoms with E-state index < -0.39 is 0 Å². The molecule has 0 saturated carbocycles. The van der Waals surface area contributed by atoms with E-state index in [1.165, 1.54) is 4.88 Å². The van der Waals surface area contributed by atoms with Crippen molar-refractivity contribution < 1.29 is 14.3 Å². The highest BCUT2D eigenvalue weighted by molar-refractivity contribution is 7.09. The first-order chi connectivity index (χ1) is 12.5. The van der Waals surface area contributed by atoms with Crippen LogP contribution in [0, 0.1) is 0 Å². The van der Waals surface area contributed by atoms with Crippen LogP contribution in [0.4, 0.5) is 0 Å². The number of thiophene rings is 1. The Kier molecular flexibility index (Phi) is 8.87. The molecule has 0 bridgehead atoms. The van der Waals surface area contributed by atoms with Gasteiger partial charge in [0.1, 0.15) is 6.54 Å². The van der Waals surface area contributed by atoms with Gasteiger partial charge in [-0.05, 0) is 31.2 Å². The predicted molar refractivity (Wildman–Crippen MR) is 105 cm³/mol. The van der Waals surface area contributed by atoms with E-state index in [0.29, 0.717) is 19.2 Å². The van der Waals surface area contributed by atoms with Crippen LogP contribution in [0.3, 0.4) is 0 Å². The van der Waals surface area contributed by atoms with Gasteiger partial charge in [0.15, 0.2) is 5.96 Å². The molecular formula is C18H30N4O3S. The summed E-state index contributed by atoms with van der Waals surface area (Å²) in [6, 6.07) is 4.25. The lowest BCUT2D eigenvalue weighted by molar-refractivity contribution is -0.127. The number of aliphatic imine (C=N–C) groups is 1. The van der Waals surface area contributed by atoms with Crippen LogP contribution in [0.15, 0.2) is 22.5 Å². The van der Waals surface area contributed by atoms with Crippen LogP contribution in [0.25, 0.3) is 0 Å². The molecule has 7 nitrogen and oxygen atoms in total. The van der Waals surface area contributed by atoms with Gasteiger partial charge >= 0.3 is 0 Å². The predicted octanol–water partition coefficient (Wildman–Crippen LogP) is 1.11. The van der Waals surface area contributed by atoms with E-state index in [4.69, 9.17) is 9.47 Å². The lowest BCUT2D eigenvalue weighted by Gasteiger charge is -2.20. The van der Waals surface area contributed by atoms with Gasteiger partial charge in [-0.2, -0.15) is 0 Å². The summed E-state index contributed by atoms with van der Waals surface area (Å²) >= 11 is 1.74. The Hall–Kier alpha value is -1.64. The third kappa shape index (κ3) is 7.72. The molecule has 2 atom stereocenters. The van der Waals surface area contributed by atoms with Gasteiger partial charge < -0.3 is 25.0 Å². The number of nitrogens with zero attached hydrogens (tertiary/aromatic N) is 2. The number of hydrogen-bond acceptors (Lipinski definition) is 5. The normalized spacial score (nSPS) is 18.6. The van der Waals surface area contributed by atoms with Crippen LogP contribution in [0.1, 0.15) is 18.2 Å². The van der Waals surface area contributed by atoms with Crippen molar-refractivity contribution in [2.24, 2.45) is 4.99 Å². The molecule has 1 aliphatic rings. The minimum absolute atomic E-state index is 0.0311. The Balaban J connectivity index is 1.81. The topological polar surface area (TPSA) is 75.2 Å². The van der Waals surface area contributed by atoms with E-state index in [1.54, 1.807) is 30.3 Å². The van der Waals surface area contributed by atoms with Crippen molar-refractivity contribution >= 4 is 23.2 Å². The first-order valence-electron chi connectivity index (χ1n) is 9.01. The Morgan fingerprint density at radius 2 is 2.38 bits per heavy atom. The van der Waals surface area contributed by atoms with E-state index in [2.05, 4.69) is 33.1 Å². The van der Waals surface area contributed by atoms with Crippen LogP contribution < -0.4 is 10.6 Å². The molecule has 0 aliphatic carbocycles. The molecule has 2 heterocycles. The van der Waals surface area contributed by atoms with Crippen molar-refractivity contribution in [3.8, 4) is 0 Å². The Morgan fingerprint density at radius 1 is 1.54 bits per heavy atom. The van der Waals surface area contributed by atoms with Gasteiger partial charge in [0.25, 0.3) is 0 Å². The highest BCUT2D eigenvalue weighted by atomic mass is 32.1. The standard InChI is InChI=1S/C18H30N4O3S/c1-14(12-25-15-7-9-24-13-15)21-18(20-11-17(23)22(2)3)19-8-6-16-5-4-10-26-16/h4-5,10,14-15H,6-9,11-13H2,1-3H3,(H2,19,20,21). The molecule has 0 aromatic carbocycles. The van der Waals surface area contributed by atoms with E-state index in [-0.39, 0.29) is 24.6 Å². The lowest BCUT2D eigenvalue weighted by Crippen LogP contribution is -2.45. The summed E-state index contributed by atoms with van der Waals surface area (Å²) in [5.74, 6) is 0.604. The highest BCUT2D eigenvalue weighted by Gasteiger charge is 2.17. The molecule has 1 aliphatic heterocycles. The Morgan fingerprint density at radius 3 is 3.04 bits per heavy atom. The average molecular weight is 383 g/mol. The zero-order valence-corrected chi connectivity index (χ0v) is 16.7. The second-order valence-corrected chi connectivity index (χ2v) is 7.61. The van der Waals surface area contributed by atoms with Gasteiger partial charge in [-0.25, -0.2) is 4.99 Å². The number of likely N-dealkylation sites (N-methyl/N-ethyl adjacent to an activating group) is 1. The van der Waals surface area contributed by atoms with E-state index >= 15 is 0 Å². The fourth-order valence-corrected chi connectivity index (χ4v) is 3.11.